The van der Waals surface area contributed by atoms with Crippen LogP contribution in [0.15, 0.2) is 18.2 Å². The van der Waals surface area contributed by atoms with Crippen molar-refractivity contribution < 1.29 is 26.3 Å². The Balaban J connectivity index is 0.00000256. The Morgan fingerprint density at radius 3 is 1.47 bits per heavy atom. The zero-order valence-electron chi connectivity index (χ0n) is 7.99. The first-order valence-corrected chi connectivity index (χ1v) is 3.92. The highest BCUT2D eigenvalue weighted by Crippen LogP contribution is 2.41. The second kappa shape index (κ2) is 5.13. The van der Waals surface area contributed by atoms with Crippen LogP contribution in [0.1, 0.15) is 11.1 Å². The summed E-state index contributed by atoms with van der Waals surface area (Å²) in [6, 6.07) is 1.71. The average Bonchev–Trinajstić information content (AvgIpc) is 2.13. The first-order valence-electron chi connectivity index (χ1n) is 3.92. The molecule has 0 amide bonds. The Morgan fingerprint density at radius 2 is 1.24 bits per heavy atom. The molecule has 1 aromatic carbocycles. The van der Waals surface area contributed by atoms with Gasteiger partial charge in [0.05, 0.1) is 16.8 Å². The van der Waals surface area contributed by atoms with Gasteiger partial charge in [0.15, 0.2) is 0 Å². The van der Waals surface area contributed by atoms with Gasteiger partial charge in [-0.3, -0.25) is 5.84 Å². The number of anilines is 1. The van der Waals surface area contributed by atoms with Crippen molar-refractivity contribution in [1.29, 1.82) is 0 Å². The summed E-state index contributed by atoms with van der Waals surface area (Å²) in [6.07, 6.45) is -9.80. The lowest BCUT2D eigenvalue weighted by atomic mass is 10.1. The largest absolute Gasteiger partial charge is 0.418 e. The molecule has 0 aliphatic heterocycles. The van der Waals surface area contributed by atoms with E-state index in [0.29, 0.717) is 18.2 Å². The number of nitrogens with one attached hydrogen (secondary N) is 1. The van der Waals surface area contributed by atoms with Gasteiger partial charge in [0, 0.05) is 0 Å². The maximum Gasteiger partial charge on any atom is 0.418 e. The van der Waals surface area contributed by atoms with Crippen molar-refractivity contribution in [2.75, 3.05) is 5.43 Å². The van der Waals surface area contributed by atoms with Gasteiger partial charge < -0.3 is 5.43 Å². The van der Waals surface area contributed by atoms with Gasteiger partial charge in [-0.05, 0) is 12.1 Å². The van der Waals surface area contributed by atoms with Gasteiger partial charge >= 0.3 is 12.4 Å². The van der Waals surface area contributed by atoms with Crippen LogP contribution in [0.5, 0.6) is 0 Å². The second-order valence-electron chi connectivity index (χ2n) is 2.87. The third kappa shape index (κ3) is 3.50. The van der Waals surface area contributed by atoms with Crippen LogP contribution in [0.4, 0.5) is 32.0 Å². The van der Waals surface area contributed by atoms with Crippen molar-refractivity contribution in [2.45, 2.75) is 12.4 Å². The van der Waals surface area contributed by atoms with E-state index in [9.17, 15) is 26.3 Å². The summed E-state index contributed by atoms with van der Waals surface area (Å²) < 4.78 is 74.0. The van der Waals surface area contributed by atoms with E-state index in [4.69, 9.17) is 5.84 Å². The Hall–Kier alpha value is -0.960. The van der Waals surface area contributed by atoms with E-state index in [-0.39, 0.29) is 17.0 Å². The first kappa shape index (κ1) is 16.0. The average molecular weight is 325 g/mol. The van der Waals surface area contributed by atoms with Crippen LogP contribution >= 0.6 is 17.0 Å². The third-order valence-electron chi connectivity index (χ3n) is 1.82. The van der Waals surface area contributed by atoms with E-state index in [2.05, 4.69) is 0 Å². The zero-order valence-corrected chi connectivity index (χ0v) is 9.70. The quantitative estimate of drug-likeness (QED) is 0.470. The smallest absolute Gasteiger partial charge is 0.323 e. The minimum atomic E-state index is -4.90. The van der Waals surface area contributed by atoms with Crippen molar-refractivity contribution >= 4 is 22.7 Å². The Morgan fingerprint density at radius 1 is 0.882 bits per heavy atom. The predicted octanol–water partition coefficient (Wildman–Crippen LogP) is 3.59. The summed E-state index contributed by atoms with van der Waals surface area (Å²) >= 11 is 0. The summed E-state index contributed by atoms with van der Waals surface area (Å²) in [5.74, 6) is 4.69. The Kier molecular flexibility index (Phi) is 4.84. The monoisotopic (exact) mass is 324 g/mol. The van der Waals surface area contributed by atoms with Gasteiger partial charge in [0.25, 0.3) is 0 Å². The van der Waals surface area contributed by atoms with Gasteiger partial charge in [-0.1, -0.05) is 6.07 Å². The molecular formula is C8H7BrF6N2. The van der Waals surface area contributed by atoms with Gasteiger partial charge in [-0.15, -0.1) is 17.0 Å². The Labute approximate surface area is 103 Å². The van der Waals surface area contributed by atoms with Crippen LogP contribution in [0.25, 0.3) is 0 Å². The standard InChI is InChI=1S/C8H6F6N2.BrH/c9-7(10,11)4-2-1-3-5(6(4)16-15)8(12,13)14;/h1-3,16H,15H2;1H. The lowest BCUT2D eigenvalue weighted by Gasteiger charge is -2.17. The van der Waals surface area contributed by atoms with Crippen molar-refractivity contribution in [2.24, 2.45) is 5.84 Å². The maximum absolute atomic E-state index is 12.3. The number of para-hydroxylation sites is 1. The minimum absolute atomic E-state index is 0. The molecule has 0 aliphatic carbocycles. The van der Waals surface area contributed by atoms with Gasteiger partial charge in [0.1, 0.15) is 0 Å². The van der Waals surface area contributed by atoms with E-state index in [0.717, 1.165) is 0 Å². The van der Waals surface area contributed by atoms with Crippen molar-refractivity contribution in [3.8, 4) is 0 Å². The molecule has 9 heteroatoms. The molecule has 0 bridgehead atoms. The molecule has 2 nitrogen and oxygen atoms in total. The first-order chi connectivity index (χ1) is 7.18. The second-order valence-corrected chi connectivity index (χ2v) is 2.87. The molecule has 0 aromatic heterocycles. The molecule has 0 fully saturated rings. The van der Waals surface area contributed by atoms with Crippen molar-refractivity contribution in [1.82, 2.24) is 0 Å². The number of halogens is 7. The number of hydrazine groups is 1. The zero-order chi connectivity index (χ0) is 12.6. The molecule has 1 rings (SSSR count). The van der Waals surface area contributed by atoms with Crippen LogP contribution in [0, 0.1) is 0 Å². The molecule has 0 spiro atoms. The lowest BCUT2D eigenvalue weighted by Crippen LogP contribution is -2.20. The summed E-state index contributed by atoms with van der Waals surface area (Å²) in [5, 5.41) is 0. The van der Waals surface area contributed by atoms with Crippen LogP contribution in [0.3, 0.4) is 0 Å². The summed E-state index contributed by atoms with van der Waals surface area (Å²) in [5.41, 5.74) is -2.65. The summed E-state index contributed by atoms with van der Waals surface area (Å²) in [4.78, 5) is 0. The molecule has 0 saturated carbocycles. The number of nitrogens with two attached hydrogens (primary N) is 1. The van der Waals surface area contributed by atoms with Gasteiger partial charge in [-0.2, -0.15) is 26.3 Å². The predicted molar refractivity (Wildman–Crippen MR) is 54.6 cm³/mol. The fourth-order valence-electron chi connectivity index (χ4n) is 1.18. The number of nitrogen functional groups attached to an aromatic ring is 1. The number of alkyl halides is 6. The molecule has 0 unspecified atom stereocenters. The molecular weight excluding hydrogens is 318 g/mol. The highest BCUT2D eigenvalue weighted by Gasteiger charge is 2.40. The normalized spacial score (nSPS) is 11.9. The van der Waals surface area contributed by atoms with Gasteiger partial charge in [-0.25, -0.2) is 0 Å². The molecule has 3 N–H and O–H groups in total. The third-order valence-corrected chi connectivity index (χ3v) is 1.82. The number of hydrogen-bond donors (Lipinski definition) is 2. The van der Waals surface area contributed by atoms with Crippen molar-refractivity contribution in [3.63, 3.8) is 0 Å². The topological polar surface area (TPSA) is 38.0 Å². The minimum Gasteiger partial charge on any atom is -0.323 e. The van der Waals surface area contributed by atoms with E-state index >= 15 is 0 Å². The molecule has 0 aliphatic rings. The number of benzene rings is 1. The summed E-state index contributed by atoms with van der Waals surface area (Å²) in [6.45, 7) is 0. The van der Waals surface area contributed by atoms with Gasteiger partial charge in [0.2, 0.25) is 0 Å². The molecule has 0 radical (unpaired) electrons. The highest BCUT2D eigenvalue weighted by molar-refractivity contribution is 8.93. The molecule has 0 saturated heterocycles. The fourth-order valence-corrected chi connectivity index (χ4v) is 1.18. The van der Waals surface area contributed by atoms with Crippen LogP contribution in [-0.4, -0.2) is 0 Å². The van der Waals surface area contributed by atoms with Crippen molar-refractivity contribution in [3.05, 3.63) is 29.3 Å². The molecule has 17 heavy (non-hydrogen) atoms. The molecule has 1 aromatic rings. The van der Waals surface area contributed by atoms with E-state index in [1.807, 2.05) is 0 Å². The van der Waals surface area contributed by atoms with E-state index in [1.54, 1.807) is 0 Å². The van der Waals surface area contributed by atoms with E-state index in [1.165, 1.54) is 5.43 Å². The molecule has 0 atom stereocenters. The summed E-state index contributed by atoms with van der Waals surface area (Å²) in [7, 11) is 0. The SMILES string of the molecule is Br.NNc1c(C(F)(F)F)cccc1C(F)(F)F. The number of hydrogen-bond acceptors (Lipinski definition) is 2. The Bertz CT molecular complexity index is 354. The molecule has 98 valence electrons. The fraction of sp³-hybridized carbons (Fsp3) is 0.250. The number of rotatable bonds is 1. The van der Waals surface area contributed by atoms with Crippen LogP contribution in [-0.2, 0) is 12.4 Å². The van der Waals surface area contributed by atoms with Crippen LogP contribution < -0.4 is 11.3 Å². The van der Waals surface area contributed by atoms with E-state index < -0.39 is 29.2 Å². The molecule has 0 heterocycles. The lowest BCUT2D eigenvalue weighted by molar-refractivity contribution is -0.141. The van der Waals surface area contributed by atoms with Crippen LogP contribution in [0.2, 0.25) is 0 Å². The maximum atomic E-state index is 12.3. The highest BCUT2D eigenvalue weighted by atomic mass is 79.9.